The fraction of sp³-hybridized carbons (Fsp3) is 0.545. The van der Waals surface area contributed by atoms with Crippen molar-refractivity contribution in [3.63, 3.8) is 0 Å². The largest absolute Gasteiger partial charge is 0.409 e. The highest BCUT2D eigenvalue weighted by molar-refractivity contribution is 6.01. The average Bonchev–Trinajstić information content (AvgIpc) is 2.68. The molecule has 17 heavy (non-hydrogen) atoms. The summed E-state index contributed by atoms with van der Waals surface area (Å²) in [5, 5.41) is 19.8. The van der Waals surface area contributed by atoms with Gasteiger partial charge < -0.3 is 15.8 Å². The van der Waals surface area contributed by atoms with Crippen LogP contribution in [0.25, 0.3) is 0 Å². The van der Waals surface area contributed by atoms with Crippen LogP contribution in [0.5, 0.6) is 0 Å². The molecule has 1 aliphatic heterocycles. The molecule has 2 rings (SSSR count). The number of nitrogens with zero attached hydrogens (tertiary/aromatic N) is 4. The third-order valence-electron chi connectivity index (χ3n) is 3.06. The average molecular weight is 235 g/mol. The molecule has 1 aromatic rings. The second-order valence-corrected chi connectivity index (χ2v) is 5.09. The fourth-order valence-electron chi connectivity index (χ4n) is 2.10. The Labute approximate surface area is 100 Å². The Hall–Kier alpha value is -1.85. The van der Waals surface area contributed by atoms with E-state index in [0.717, 1.165) is 19.5 Å². The summed E-state index contributed by atoms with van der Waals surface area (Å²) in [5.74, 6) is 0.757. The standard InChI is InChI=1S/C11H17N5O/c1-11(2)4-6-16(7-11)10-8(9(12)15-17)3-5-13-14-10/h3,5,17H,4,6-7H2,1-2H3,(H2,12,15). The topological polar surface area (TPSA) is 87.6 Å². The van der Waals surface area contributed by atoms with Gasteiger partial charge in [0.15, 0.2) is 11.7 Å². The summed E-state index contributed by atoms with van der Waals surface area (Å²) in [6.07, 6.45) is 2.64. The van der Waals surface area contributed by atoms with Gasteiger partial charge in [-0.05, 0) is 17.9 Å². The van der Waals surface area contributed by atoms with Crippen molar-refractivity contribution in [3.05, 3.63) is 17.8 Å². The molecular formula is C11H17N5O. The van der Waals surface area contributed by atoms with Gasteiger partial charge in [-0.2, -0.15) is 5.10 Å². The van der Waals surface area contributed by atoms with E-state index >= 15 is 0 Å². The van der Waals surface area contributed by atoms with Crippen molar-refractivity contribution < 1.29 is 5.21 Å². The van der Waals surface area contributed by atoms with Crippen molar-refractivity contribution >= 4 is 11.7 Å². The molecule has 6 heteroatoms. The molecule has 1 aliphatic rings. The van der Waals surface area contributed by atoms with Gasteiger partial charge in [0.05, 0.1) is 11.8 Å². The maximum atomic E-state index is 8.75. The first-order valence-corrected chi connectivity index (χ1v) is 5.58. The molecule has 0 unspecified atom stereocenters. The Bertz CT molecular complexity index is 443. The molecule has 1 aromatic heterocycles. The molecule has 0 spiro atoms. The molecule has 0 aromatic carbocycles. The SMILES string of the molecule is CC1(C)CCN(c2nnccc2/C(N)=N/O)C1. The molecule has 0 atom stereocenters. The first-order chi connectivity index (χ1) is 8.03. The van der Waals surface area contributed by atoms with Gasteiger partial charge in [0.2, 0.25) is 0 Å². The molecule has 0 radical (unpaired) electrons. The summed E-state index contributed by atoms with van der Waals surface area (Å²) in [6.45, 7) is 6.24. The van der Waals surface area contributed by atoms with Crippen LogP contribution in [0.2, 0.25) is 0 Å². The van der Waals surface area contributed by atoms with Gasteiger partial charge in [0.1, 0.15) is 0 Å². The van der Waals surface area contributed by atoms with Crippen LogP contribution in [-0.4, -0.2) is 34.3 Å². The van der Waals surface area contributed by atoms with Crippen LogP contribution < -0.4 is 10.6 Å². The Balaban J connectivity index is 2.33. The number of hydrogen-bond acceptors (Lipinski definition) is 5. The first-order valence-electron chi connectivity index (χ1n) is 5.58. The summed E-state index contributed by atoms with van der Waals surface area (Å²) in [7, 11) is 0. The first kappa shape index (κ1) is 11.6. The molecule has 1 saturated heterocycles. The lowest BCUT2D eigenvalue weighted by atomic mass is 9.93. The number of amidine groups is 1. The van der Waals surface area contributed by atoms with Crippen molar-refractivity contribution in [2.75, 3.05) is 18.0 Å². The lowest BCUT2D eigenvalue weighted by molar-refractivity contribution is 0.318. The van der Waals surface area contributed by atoms with Gasteiger partial charge >= 0.3 is 0 Å². The zero-order chi connectivity index (χ0) is 12.5. The Morgan fingerprint density at radius 2 is 2.35 bits per heavy atom. The minimum absolute atomic E-state index is 0.0691. The van der Waals surface area contributed by atoms with Crippen molar-refractivity contribution in [3.8, 4) is 0 Å². The monoisotopic (exact) mass is 235 g/mol. The van der Waals surface area contributed by atoms with Gasteiger partial charge in [-0.1, -0.05) is 19.0 Å². The van der Waals surface area contributed by atoms with E-state index in [9.17, 15) is 0 Å². The lowest BCUT2D eigenvalue weighted by Crippen LogP contribution is -2.27. The minimum atomic E-state index is 0.0691. The smallest absolute Gasteiger partial charge is 0.173 e. The van der Waals surface area contributed by atoms with E-state index in [-0.39, 0.29) is 11.3 Å². The van der Waals surface area contributed by atoms with Crippen molar-refractivity contribution in [2.45, 2.75) is 20.3 Å². The Kier molecular flexibility index (Phi) is 2.87. The molecular weight excluding hydrogens is 218 g/mol. The highest BCUT2D eigenvalue weighted by Gasteiger charge is 2.31. The normalized spacial score (nSPS) is 19.6. The predicted octanol–water partition coefficient (Wildman–Crippen LogP) is 0.807. The van der Waals surface area contributed by atoms with E-state index in [1.165, 1.54) is 6.20 Å². The minimum Gasteiger partial charge on any atom is -0.409 e. The number of rotatable bonds is 2. The third-order valence-corrected chi connectivity index (χ3v) is 3.06. The fourth-order valence-corrected chi connectivity index (χ4v) is 2.10. The second kappa shape index (κ2) is 4.20. The number of oxime groups is 1. The maximum Gasteiger partial charge on any atom is 0.173 e. The van der Waals surface area contributed by atoms with E-state index < -0.39 is 0 Å². The van der Waals surface area contributed by atoms with Gasteiger partial charge in [-0.25, -0.2) is 0 Å². The van der Waals surface area contributed by atoms with Crippen LogP contribution in [-0.2, 0) is 0 Å². The molecule has 0 saturated carbocycles. The predicted molar refractivity (Wildman–Crippen MR) is 65.2 cm³/mol. The quantitative estimate of drug-likeness (QED) is 0.343. The molecule has 0 bridgehead atoms. The van der Waals surface area contributed by atoms with Crippen molar-refractivity contribution in [1.29, 1.82) is 0 Å². The molecule has 92 valence electrons. The molecule has 2 heterocycles. The van der Waals surface area contributed by atoms with Gasteiger partial charge in [-0.15, -0.1) is 5.10 Å². The van der Waals surface area contributed by atoms with E-state index in [1.807, 2.05) is 0 Å². The molecule has 0 amide bonds. The van der Waals surface area contributed by atoms with Crippen LogP contribution in [0.15, 0.2) is 17.4 Å². The van der Waals surface area contributed by atoms with Gasteiger partial charge in [0.25, 0.3) is 0 Å². The van der Waals surface area contributed by atoms with E-state index in [4.69, 9.17) is 10.9 Å². The number of anilines is 1. The molecule has 3 N–H and O–H groups in total. The maximum absolute atomic E-state index is 8.75. The third kappa shape index (κ3) is 2.30. The van der Waals surface area contributed by atoms with E-state index in [2.05, 4.69) is 34.1 Å². The second-order valence-electron chi connectivity index (χ2n) is 5.09. The van der Waals surface area contributed by atoms with Gasteiger partial charge in [-0.3, -0.25) is 0 Å². The van der Waals surface area contributed by atoms with Crippen LogP contribution in [0.1, 0.15) is 25.8 Å². The summed E-state index contributed by atoms with van der Waals surface area (Å²) in [5.41, 5.74) is 6.52. The highest BCUT2D eigenvalue weighted by atomic mass is 16.4. The summed E-state index contributed by atoms with van der Waals surface area (Å²) >= 11 is 0. The van der Waals surface area contributed by atoms with Crippen LogP contribution in [0, 0.1) is 5.41 Å². The van der Waals surface area contributed by atoms with Crippen molar-refractivity contribution in [2.24, 2.45) is 16.3 Å². The van der Waals surface area contributed by atoms with Gasteiger partial charge in [0, 0.05) is 13.1 Å². The Morgan fingerprint density at radius 1 is 1.59 bits per heavy atom. The molecule has 0 aliphatic carbocycles. The summed E-state index contributed by atoms with van der Waals surface area (Å²) < 4.78 is 0. The van der Waals surface area contributed by atoms with E-state index in [1.54, 1.807) is 6.07 Å². The molecule has 1 fully saturated rings. The summed E-state index contributed by atoms with van der Waals surface area (Å²) in [6, 6.07) is 1.71. The summed E-state index contributed by atoms with van der Waals surface area (Å²) in [4.78, 5) is 2.13. The lowest BCUT2D eigenvalue weighted by Gasteiger charge is -2.21. The number of nitrogens with two attached hydrogens (primary N) is 1. The van der Waals surface area contributed by atoms with Crippen LogP contribution in [0.4, 0.5) is 5.82 Å². The molecule has 6 nitrogen and oxygen atoms in total. The Morgan fingerprint density at radius 3 is 2.94 bits per heavy atom. The van der Waals surface area contributed by atoms with Crippen LogP contribution >= 0.6 is 0 Å². The van der Waals surface area contributed by atoms with Crippen LogP contribution in [0.3, 0.4) is 0 Å². The highest BCUT2D eigenvalue weighted by Crippen LogP contribution is 2.32. The zero-order valence-electron chi connectivity index (χ0n) is 10.1. The van der Waals surface area contributed by atoms with E-state index in [0.29, 0.717) is 11.4 Å². The number of aromatic nitrogens is 2. The zero-order valence-corrected chi connectivity index (χ0v) is 10.1. The van der Waals surface area contributed by atoms with Crippen molar-refractivity contribution in [1.82, 2.24) is 10.2 Å². The number of hydrogen-bond donors (Lipinski definition) is 2.